The summed E-state index contributed by atoms with van der Waals surface area (Å²) < 4.78 is 17.0. The van der Waals surface area contributed by atoms with Gasteiger partial charge in [0.05, 0.1) is 24.2 Å². The minimum Gasteiger partial charge on any atom is -0.469 e. The van der Waals surface area contributed by atoms with Crippen molar-refractivity contribution in [1.82, 2.24) is 0 Å². The number of ether oxygens (including phenoxy) is 1. The van der Waals surface area contributed by atoms with Gasteiger partial charge in [-0.05, 0) is 46.5 Å². The number of benzene rings is 1. The fraction of sp³-hybridized carbons (Fsp3) is 0.588. The topological polar surface area (TPSA) is 44.8 Å². The summed E-state index contributed by atoms with van der Waals surface area (Å²) >= 11 is 0. The second-order valence-electron chi connectivity index (χ2n) is 6.91. The highest BCUT2D eigenvalue weighted by Gasteiger charge is 2.52. The Hall–Kier alpha value is -1.33. The van der Waals surface area contributed by atoms with Crippen LogP contribution in [0.3, 0.4) is 0 Å². The zero-order chi connectivity index (χ0) is 16.5. The molecule has 0 radical (unpaired) electrons. The van der Waals surface area contributed by atoms with Gasteiger partial charge in [0.1, 0.15) is 0 Å². The summed E-state index contributed by atoms with van der Waals surface area (Å²) in [7, 11) is 0.990. The van der Waals surface area contributed by atoms with Gasteiger partial charge in [0.25, 0.3) is 0 Å². The highest BCUT2D eigenvalue weighted by molar-refractivity contribution is 6.46. The van der Waals surface area contributed by atoms with Crippen LogP contribution in [0.4, 0.5) is 0 Å². The molecule has 0 unspecified atom stereocenters. The Kier molecular flexibility index (Phi) is 4.69. The van der Waals surface area contributed by atoms with Crippen LogP contribution >= 0.6 is 0 Å². The fourth-order valence-corrected chi connectivity index (χ4v) is 2.56. The first-order chi connectivity index (χ1) is 10.2. The number of aryl methyl sites for hydroxylation is 1. The van der Waals surface area contributed by atoms with Crippen molar-refractivity contribution in [2.45, 2.75) is 58.1 Å². The molecule has 0 aromatic heterocycles. The minimum absolute atomic E-state index is 0.265. The quantitative estimate of drug-likeness (QED) is 0.632. The Morgan fingerprint density at radius 1 is 1.14 bits per heavy atom. The number of esters is 1. The standard InChI is InChI=1S/C17H25BO4/c1-12-7-9-13(10-8-12)14(15(19)20-6)11-18-21-16(2,3)17(4,5)22-18/h7-10,14H,11H2,1-6H3/t14-/m0/s1. The van der Waals surface area contributed by atoms with Crippen molar-refractivity contribution < 1.29 is 18.8 Å². The molecule has 0 aliphatic carbocycles. The van der Waals surface area contributed by atoms with Crippen LogP contribution in [-0.4, -0.2) is 31.4 Å². The molecular weight excluding hydrogens is 279 g/mol. The van der Waals surface area contributed by atoms with E-state index in [0.29, 0.717) is 6.32 Å². The average molecular weight is 304 g/mol. The predicted octanol–water partition coefficient (Wildman–Crippen LogP) is 3.34. The molecule has 0 amide bonds. The molecule has 1 aliphatic rings. The molecule has 120 valence electrons. The van der Waals surface area contributed by atoms with Gasteiger partial charge in [0, 0.05) is 0 Å². The van der Waals surface area contributed by atoms with E-state index in [-0.39, 0.29) is 11.9 Å². The molecule has 1 saturated heterocycles. The van der Waals surface area contributed by atoms with Gasteiger partial charge in [-0.2, -0.15) is 0 Å². The largest absolute Gasteiger partial charge is 0.469 e. The molecule has 4 nitrogen and oxygen atoms in total. The Balaban J connectivity index is 2.19. The number of hydrogen-bond acceptors (Lipinski definition) is 4. The van der Waals surface area contributed by atoms with E-state index in [1.807, 2.05) is 58.9 Å². The molecule has 0 bridgehead atoms. The molecule has 1 atom stereocenters. The van der Waals surface area contributed by atoms with E-state index in [4.69, 9.17) is 14.0 Å². The van der Waals surface area contributed by atoms with Gasteiger partial charge in [-0.3, -0.25) is 4.79 Å². The van der Waals surface area contributed by atoms with Crippen LogP contribution < -0.4 is 0 Å². The lowest BCUT2D eigenvalue weighted by Gasteiger charge is -2.32. The third-order valence-electron chi connectivity index (χ3n) is 4.70. The molecule has 1 fully saturated rings. The van der Waals surface area contributed by atoms with Crippen LogP contribution in [0.25, 0.3) is 0 Å². The highest BCUT2D eigenvalue weighted by atomic mass is 16.7. The average Bonchev–Trinajstić information content (AvgIpc) is 2.64. The number of rotatable bonds is 4. The second kappa shape index (κ2) is 6.05. The van der Waals surface area contributed by atoms with Crippen molar-refractivity contribution >= 4 is 13.1 Å². The first kappa shape index (κ1) is 17.0. The Morgan fingerprint density at radius 2 is 1.64 bits per heavy atom. The van der Waals surface area contributed by atoms with E-state index >= 15 is 0 Å². The van der Waals surface area contributed by atoms with Crippen molar-refractivity contribution in [1.29, 1.82) is 0 Å². The first-order valence-corrected chi connectivity index (χ1v) is 7.66. The van der Waals surface area contributed by atoms with Crippen molar-refractivity contribution in [3.05, 3.63) is 35.4 Å². The molecule has 1 aromatic rings. The lowest BCUT2D eigenvalue weighted by Crippen LogP contribution is -2.41. The maximum Gasteiger partial charge on any atom is 0.459 e. The van der Waals surface area contributed by atoms with Gasteiger partial charge < -0.3 is 14.0 Å². The molecule has 0 saturated carbocycles. The van der Waals surface area contributed by atoms with Crippen LogP contribution in [0, 0.1) is 6.92 Å². The Morgan fingerprint density at radius 3 is 2.09 bits per heavy atom. The molecule has 1 heterocycles. The van der Waals surface area contributed by atoms with Crippen LogP contribution in [0.15, 0.2) is 24.3 Å². The molecule has 1 aliphatic heterocycles. The number of methoxy groups -OCH3 is 1. The van der Waals surface area contributed by atoms with Gasteiger partial charge in [-0.25, -0.2) is 0 Å². The maximum atomic E-state index is 12.2. The predicted molar refractivity (Wildman–Crippen MR) is 86.8 cm³/mol. The van der Waals surface area contributed by atoms with Crippen molar-refractivity contribution in [3.63, 3.8) is 0 Å². The molecule has 22 heavy (non-hydrogen) atoms. The summed E-state index contributed by atoms with van der Waals surface area (Å²) in [6, 6.07) is 7.91. The van der Waals surface area contributed by atoms with Crippen molar-refractivity contribution in [3.8, 4) is 0 Å². The van der Waals surface area contributed by atoms with E-state index in [1.165, 1.54) is 7.11 Å². The van der Waals surface area contributed by atoms with Gasteiger partial charge >= 0.3 is 13.1 Å². The van der Waals surface area contributed by atoms with Crippen LogP contribution in [-0.2, 0) is 18.8 Å². The lowest BCUT2D eigenvalue weighted by atomic mass is 9.74. The van der Waals surface area contributed by atoms with Gasteiger partial charge in [-0.1, -0.05) is 29.8 Å². The van der Waals surface area contributed by atoms with Crippen LogP contribution in [0.1, 0.15) is 44.7 Å². The van der Waals surface area contributed by atoms with Crippen LogP contribution in [0.5, 0.6) is 0 Å². The normalized spacial score (nSPS) is 20.7. The maximum absolute atomic E-state index is 12.2. The smallest absolute Gasteiger partial charge is 0.459 e. The molecule has 2 rings (SSSR count). The summed E-state index contributed by atoms with van der Waals surface area (Å²) in [5.74, 6) is -0.654. The van der Waals surface area contributed by atoms with Gasteiger partial charge in [0.2, 0.25) is 0 Å². The summed E-state index contributed by atoms with van der Waals surface area (Å²) in [4.78, 5) is 12.2. The molecule has 0 spiro atoms. The minimum atomic E-state index is -0.421. The monoisotopic (exact) mass is 304 g/mol. The molecule has 5 heteroatoms. The zero-order valence-corrected chi connectivity index (χ0v) is 14.3. The SMILES string of the molecule is COC(=O)[C@@H](CB1OC(C)(C)C(C)(C)O1)c1ccc(C)cc1. The van der Waals surface area contributed by atoms with Crippen molar-refractivity contribution in [2.24, 2.45) is 0 Å². The van der Waals surface area contributed by atoms with E-state index in [1.54, 1.807) is 0 Å². The number of hydrogen-bond donors (Lipinski definition) is 0. The third kappa shape index (κ3) is 3.36. The third-order valence-corrected chi connectivity index (χ3v) is 4.70. The lowest BCUT2D eigenvalue weighted by molar-refractivity contribution is -0.142. The zero-order valence-electron chi connectivity index (χ0n) is 14.3. The summed E-state index contributed by atoms with van der Waals surface area (Å²) in [5, 5.41) is 0. The summed E-state index contributed by atoms with van der Waals surface area (Å²) in [6.45, 7) is 10.0. The molecular formula is C17H25BO4. The Labute approximate surface area is 133 Å². The Bertz CT molecular complexity index is 520. The van der Waals surface area contributed by atoms with Gasteiger partial charge in [-0.15, -0.1) is 0 Å². The van der Waals surface area contributed by atoms with E-state index < -0.39 is 18.3 Å². The first-order valence-electron chi connectivity index (χ1n) is 7.66. The van der Waals surface area contributed by atoms with Crippen molar-refractivity contribution in [2.75, 3.05) is 7.11 Å². The second-order valence-corrected chi connectivity index (χ2v) is 6.91. The molecule has 1 aromatic carbocycles. The number of carbonyl (C=O) groups excluding carboxylic acids is 1. The van der Waals surface area contributed by atoms with Gasteiger partial charge in [0.15, 0.2) is 0 Å². The molecule has 0 N–H and O–H groups in total. The summed E-state index contributed by atoms with van der Waals surface area (Å²) in [5.41, 5.74) is 1.28. The van der Waals surface area contributed by atoms with E-state index in [2.05, 4.69) is 0 Å². The van der Waals surface area contributed by atoms with E-state index in [9.17, 15) is 4.79 Å². The fourth-order valence-electron chi connectivity index (χ4n) is 2.56. The highest BCUT2D eigenvalue weighted by Crippen LogP contribution is 2.39. The van der Waals surface area contributed by atoms with E-state index in [0.717, 1.165) is 11.1 Å². The number of carbonyl (C=O) groups is 1. The van der Waals surface area contributed by atoms with Crippen LogP contribution in [0.2, 0.25) is 6.32 Å². The summed E-state index contributed by atoms with van der Waals surface area (Å²) in [6.07, 6.45) is 0.447.